The lowest BCUT2D eigenvalue weighted by molar-refractivity contribution is -0.137. The number of rotatable bonds is 6. The van der Waals surface area contributed by atoms with E-state index < -0.39 is 11.7 Å². The number of guanidine groups is 1. The van der Waals surface area contributed by atoms with Gasteiger partial charge in [0.2, 0.25) is 0 Å². The predicted molar refractivity (Wildman–Crippen MR) is 101 cm³/mol. The van der Waals surface area contributed by atoms with E-state index in [9.17, 15) is 13.2 Å². The maximum absolute atomic E-state index is 13.1. The van der Waals surface area contributed by atoms with Crippen molar-refractivity contribution in [2.24, 2.45) is 4.99 Å². The van der Waals surface area contributed by atoms with Gasteiger partial charge in [-0.25, -0.2) is 0 Å². The molecule has 0 spiro atoms. The SMILES string of the molecule is CCn1cnnc1CNC(=NC)NCC1(c2cccc(C(F)(F)F)c2)CCC1. The quantitative estimate of drug-likeness (QED) is 0.584. The van der Waals surface area contributed by atoms with E-state index in [0.717, 1.165) is 43.3 Å². The van der Waals surface area contributed by atoms with Crippen molar-refractivity contribution in [3.05, 3.63) is 47.5 Å². The fraction of sp³-hybridized carbons (Fsp3) is 0.526. The number of aryl methyl sites for hydroxylation is 1. The summed E-state index contributed by atoms with van der Waals surface area (Å²) < 4.78 is 41.2. The molecule has 0 amide bonds. The van der Waals surface area contributed by atoms with Crippen LogP contribution in [-0.4, -0.2) is 34.3 Å². The van der Waals surface area contributed by atoms with Gasteiger partial charge in [0.05, 0.1) is 12.1 Å². The summed E-state index contributed by atoms with van der Waals surface area (Å²) in [5.41, 5.74) is -0.178. The van der Waals surface area contributed by atoms with Crippen molar-refractivity contribution in [1.82, 2.24) is 25.4 Å². The molecular weight excluding hydrogens is 369 g/mol. The molecule has 1 heterocycles. The highest BCUT2D eigenvalue weighted by molar-refractivity contribution is 5.79. The molecule has 3 rings (SSSR count). The van der Waals surface area contributed by atoms with Gasteiger partial charge in [0.15, 0.2) is 11.8 Å². The Labute approximate surface area is 162 Å². The third-order valence-corrected chi connectivity index (χ3v) is 5.38. The van der Waals surface area contributed by atoms with Crippen LogP contribution in [0.5, 0.6) is 0 Å². The van der Waals surface area contributed by atoms with Crippen molar-refractivity contribution in [2.45, 2.75) is 50.9 Å². The number of alkyl halides is 3. The summed E-state index contributed by atoms with van der Waals surface area (Å²) >= 11 is 0. The molecule has 0 atom stereocenters. The highest BCUT2D eigenvalue weighted by Crippen LogP contribution is 2.44. The molecule has 6 nitrogen and oxygen atoms in total. The Kier molecular flexibility index (Phi) is 5.90. The third kappa shape index (κ3) is 4.28. The van der Waals surface area contributed by atoms with Crippen molar-refractivity contribution in [1.29, 1.82) is 0 Å². The molecule has 1 saturated carbocycles. The lowest BCUT2D eigenvalue weighted by Gasteiger charge is -2.43. The molecular formula is C19H25F3N6. The molecule has 152 valence electrons. The van der Waals surface area contributed by atoms with E-state index in [2.05, 4.69) is 25.8 Å². The van der Waals surface area contributed by atoms with Crippen LogP contribution in [0.4, 0.5) is 13.2 Å². The summed E-state index contributed by atoms with van der Waals surface area (Å²) in [5.74, 6) is 1.38. The smallest absolute Gasteiger partial charge is 0.356 e. The zero-order valence-corrected chi connectivity index (χ0v) is 16.1. The molecule has 1 aliphatic rings. The molecule has 2 N–H and O–H groups in total. The zero-order chi connectivity index (χ0) is 20.2. The number of aliphatic imine (C=N–C) groups is 1. The molecule has 1 aromatic heterocycles. The first kappa shape index (κ1) is 20.2. The van der Waals surface area contributed by atoms with Crippen LogP contribution in [0.2, 0.25) is 0 Å². The summed E-state index contributed by atoms with van der Waals surface area (Å²) in [7, 11) is 1.66. The monoisotopic (exact) mass is 394 g/mol. The van der Waals surface area contributed by atoms with Gasteiger partial charge in [-0.05, 0) is 31.4 Å². The molecule has 0 unspecified atom stereocenters. The van der Waals surface area contributed by atoms with E-state index in [4.69, 9.17) is 0 Å². The molecule has 0 bridgehead atoms. The molecule has 1 aliphatic carbocycles. The minimum Gasteiger partial charge on any atom is -0.356 e. The van der Waals surface area contributed by atoms with Crippen LogP contribution in [-0.2, 0) is 24.7 Å². The Hall–Kier alpha value is -2.58. The Morgan fingerprint density at radius 2 is 2.07 bits per heavy atom. The zero-order valence-electron chi connectivity index (χ0n) is 16.1. The number of benzene rings is 1. The Morgan fingerprint density at radius 1 is 1.29 bits per heavy atom. The lowest BCUT2D eigenvalue weighted by atomic mass is 9.64. The first-order chi connectivity index (χ1) is 13.4. The van der Waals surface area contributed by atoms with Gasteiger partial charge in [0, 0.05) is 25.6 Å². The van der Waals surface area contributed by atoms with E-state index in [1.165, 1.54) is 12.1 Å². The number of hydrogen-bond donors (Lipinski definition) is 2. The van der Waals surface area contributed by atoms with Crippen molar-refractivity contribution in [2.75, 3.05) is 13.6 Å². The second-order valence-electron chi connectivity index (χ2n) is 7.02. The summed E-state index contributed by atoms with van der Waals surface area (Å²) in [4.78, 5) is 4.21. The van der Waals surface area contributed by atoms with Crippen LogP contribution >= 0.6 is 0 Å². The van der Waals surface area contributed by atoms with Gasteiger partial charge in [0.1, 0.15) is 6.33 Å². The van der Waals surface area contributed by atoms with Gasteiger partial charge in [-0.1, -0.05) is 24.6 Å². The van der Waals surface area contributed by atoms with Gasteiger partial charge >= 0.3 is 6.18 Å². The molecule has 0 saturated heterocycles. The number of nitrogens with one attached hydrogen (secondary N) is 2. The normalized spacial score (nSPS) is 16.5. The van der Waals surface area contributed by atoms with Gasteiger partial charge in [-0.3, -0.25) is 4.99 Å². The molecule has 1 aromatic carbocycles. The van der Waals surface area contributed by atoms with E-state index in [1.807, 2.05) is 11.5 Å². The van der Waals surface area contributed by atoms with Crippen molar-refractivity contribution < 1.29 is 13.2 Å². The first-order valence-corrected chi connectivity index (χ1v) is 9.37. The lowest BCUT2D eigenvalue weighted by Crippen LogP contribution is -2.49. The minimum absolute atomic E-state index is 0.303. The summed E-state index contributed by atoms with van der Waals surface area (Å²) in [5, 5.41) is 14.4. The van der Waals surface area contributed by atoms with Crippen LogP contribution in [0.15, 0.2) is 35.6 Å². The van der Waals surface area contributed by atoms with Crippen LogP contribution in [0, 0.1) is 0 Å². The van der Waals surface area contributed by atoms with Crippen molar-refractivity contribution >= 4 is 5.96 Å². The fourth-order valence-electron chi connectivity index (χ4n) is 3.51. The summed E-state index contributed by atoms with van der Waals surface area (Å²) in [6, 6.07) is 5.67. The summed E-state index contributed by atoms with van der Waals surface area (Å²) in [6.45, 7) is 3.77. The van der Waals surface area contributed by atoms with E-state index in [-0.39, 0.29) is 5.41 Å². The topological polar surface area (TPSA) is 67.1 Å². The third-order valence-electron chi connectivity index (χ3n) is 5.38. The van der Waals surface area contributed by atoms with Gasteiger partial charge in [0.25, 0.3) is 0 Å². The van der Waals surface area contributed by atoms with Crippen molar-refractivity contribution in [3.63, 3.8) is 0 Å². The Morgan fingerprint density at radius 3 is 2.68 bits per heavy atom. The van der Waals surface area contributed by atoms with Crippen LogP contribution in [0.3, 0.4) is 0 Å². The van der Waals surface area contributed by atoms with E-state index in [1.54, 1.807) is 19.4 Å². The largest absolute Gasteiger partial charge is 0.416 e. The highest BCUT2D eigenvalue weighted by Gasteiger charge is 2.40. The second-order valence-corrected chi connectivity index (χ2v) is 7.02. The van der Waals surface area contributed by atoms with Crippen LogP contribution in [0.1, 0.15) is 43.1 Å². The average molecular weight is 394 g/mol. The maximum atomic E-state index is 13.1. The number of aromatic nitrogens is 3. The number of halogens is 3. The molecule has 1 fully saturated rings. The van der Waals surface area contributed by atoms with Crippen LogP contribution < -0.4 is 10.6 Å². The highest BCUT2D eigenvalue weighted by atomic mass is 19.4. The Bertz CT molecular complexity index is 823. The summed E-state index contributed by atoms with van der Waals surface area (Å²) in [6.07, 6.45) is 0.0416. The van der Waals surface area contributed by atoms with Crippen molar-refractivity contribution in [3.8, 4) is 0 Å². The molecule has 28 heavy (non-hydrogen) atoms. The molecule has 2 aromatic rings. The van der Waals surface area contributed by atoms with Gasteiger partial charge in [-0.2, -0.15) is 13.2 Å². The molecule has 9 heteroatoms. The standard InChI is InChI=1S/C19H25F3N6/c1-3-28-13-26-27-16(28)11-24-17(23-2)25-12-18(8-5-9-18)14-6-4-7-15(10-14)19(20,21)22/h4,6-7,10,13H,3,5,8-9,11-12H2,1-2H3,(H2,23,24,25). The number of nitrogens with zero attached hydrogens (tertiary/aromatic N) is 4. The molecule has 0 radical (unpaired) electrons. The average Bonchev–Trinajstić information content (AvgIpc) is 3.10. The van der Waals surface area contributed by atoms with Gasteiger partial charge in [-0.15, -0.1) is 10.2 Å². The minimum atomic E-state index is -4.33. The maximum Gasteiger partial charge on any atom is 0.416 e. The predicted octanol–water partition coefficient (Wildman–Crippen LogP) is 3.10. The van der Waals surface area contributed by atoms with Crippen LogP contribution in [0.25, 0.3) is 0 Å². The van der Waals surface area contributed by atoms with E-state index >= 15 is 0 Å². The first-order valence-electron chi connectivity index (χ1n) is 9.37. The fourth-order valence-corrected chi connectivity index (χ4v) is 3.51. The van der Waals surface area contributed by atoms with E-state index in [0.29, 0.717) is 19.0 Å². The van der Waals surface area contributed by atoms with Gasteiger partial charge < -0.3 is 15.2 Å². The number of hydrogen-bond acceptors (Lipinski definition) is 3. The Balaban J connectivity index is 1.65. The molecule has 0 aliphatic heterocycles. The second kappa shape index (κ2) is 8.20.